The Labute approximate surface area is 140 Å². The molecule has 1 aromatic carbocycles. The zero-order chi connectivity index (χ0) is 16.8. The van der Waals surface area contributed by atoms with Gasteiger partial charge in [0.15, 0.2) is 5.69 Å². The highest BCUT2D eigenvalue weighted by atomic mass is 16.3. The van der Waals surface area contributed by atoms with E-state index in [1.807, 2.05) is 0 Å². The molecule has 0 radical (unpaired) electrons. The van der Waals surface area contributed by atoms with Gasteiger partial charge in [0.25, 0.3) is 5.91 Å². The topological polar surface area (TPSA) is 84.5 Å². The number of aromatic nitrogens is 2. The summed E-state index contributed by atoms with van der Waals surface area (Å²) < 4.78 is 0. The Morgan fingerprint density at radius 3 is 2.71 bits per heavy atom. The first-order chi connectivity index (χ1) is 11.5. The Bertz CT molecular complexity index is 757. The van der Waals surface area contributed by atoms with E-state index in [4.69, 9.17) is 0 Å². The van der Waals surface area contributed by atoms with Crippen LogP contribution in [0.1, 0.15) is 23.3 Å². The first-order valence-electron chi connectivity index (χ1n) is 8.39. The van der Waals surface area contributed by atoms with Gasteiger partial charge in [0.1, 0.15) is 5.75 Å². The fraction of sp³-hybridized carbons (Fsp3) is 0.529. The molecule has 0 spiro atoms. The summed E-state index contributed by atoms with van der Waals surface area (Å²) in [6, 6.07) is 6.01. The maximum atomic E-state index is 12.7. The molecular weight excluding hydrogens is 306 g/mol. The van der Waals surface area contributed by atoms with Crippen LogP contribution < -0.4 is 5.32 Å². The van der Waals surface area contributed by atoms with Crippen molar-refractivity contribution in [2.45, 2.75) is 31.0 Å². The van der Waals surface area contributed by atoms with Crippen LogP contribution in [0.3, 0.4) is 0 Å². The second-order valence-corrected chi connectivity index (χ2v) is 7.14. The van der Waals surface area contributed by atoms with E-state index in [1.165, 1.54) is 0 Å². The second-order valence-electron chi connectivity index (χ2n) is 7.14. The van der Waals surface area contributed by atoms with Crippen molar-refractivity contribution >= 4 is 16.8 Å². The van der Waals surface area contributed by atoms with Crippen molar-refractivity contribution in [3.63, 3.8) is 0 Å². The van der Waals surface area contributed by atoms with Gasteiger partial charge in [-0.2, -0.15) is 5.10 Å². The number of benzene rings is 1. The summed E-state index contributed by atoms with van der Waals surface area (Å²) in [6.07, 6.45) is 1.91. The predicted octanol–water partition coefficient (Wildman–Crippen LogP) is 0.775. The van der Waals surface area contributed by atoms with Crippen LogP contribution in [0.25, 0.3) is 10.9 Å². The van der Waals surface area contributed by atoms with Crippen LogP contribution in [0.2, 0.25) is 0 Å². The van der Waals surface area contributed by atoms with Crippen LogP contribution in [0.5, 0.6) is 5.75 Å². The summed E-state index contributed by atoms with van der Waals surface area (Å²) in [6.45, 7) is 2.08. The number of nitrogens with one attached hydrogen (secondary N) is 2. The summed E-state index contributed by atoms with van der Waals surface area (Å²) in [5, 5.41) is 20.4. The van der Waals surface area contributed by atoms with E-state index < -0.39 is 0 Å². The van der Waals surface area contributed by atoms with E-state index in [2.05, 4.69) is 39.4 Å². The van der Waals surface area contributed by atoms with Gasteiger partial charge in [-0.25, -0.2) is 0 Å². The number of phenolic OH excluding ortho intramolecular Hbond substituents is 1. The minimum atomic E-state index is -0.173. The molecular formula is C17H23N5O2. The number of hydrogen-bond donors (Lipinski definition) is 3. The van der Waals surface area contributed by atoms with Gasteiger partial charge in [-0.15, -0.1) is 0 Å². The smallest absolute Gasteiger partial charge is 0.272 e. The van der Waals surface area contributed by atoms with Crippen LogP contribution in [-0.4, -0.2) is 76.3 Å². The molecule has 2 fully saturated rings. The molecule has 2 aromatic rings. The van der Waals surface area contributed by atoms with E-state index in [-0.39, 0.29) is 17.7 Å². The summed E-state index contributed by atoms with van der Waals surface area (Å²) in [7, 11) is 4.35. The summed E-state index contributed by atoms with van der Waals surface area (Å²) in [4.78, 5) is 17.5. The average molecular weight is 329 g/mol. The highest BCUT2D eigenvalue weighted by molar-refractivity contribution is 6.05. The van der Waals surface area contributed by atoms with Gasteiger partial charge in [0.2, 0.25) is 0 Å². The standard InChI is InChI=1S/C17H23N5O2/c1-21-8-11-5-10(6-12(9-21)22(11)2)18-17(24)16-14-7-13(23)3-4-15(14)19-20-16/h3-4,7,10-12,23H,5-6,8-9H2,1-2H3,(H,18,24)(H,19,20). The first kappa shape index (κ1) is 15.4. The average Bonchev–Trinajstić information content (AvgIpc) is 2.92. The highest BCUT2D eigenvalue weighted by Crippen LogP contribution is 2.27. The molecule has 7 heteroatoms. The SMILES string of the molecule is CN1CC2CC(NC(=O)c3n[nH]c4ccc(O)cc34)CC(C1)N2C. The lowest BCUT2D eigenvalue weighted by atomic mass is 9.88. The zero-order valence-corrected chi connectivity index (χ0v) is 14.0. The molecule has 2 saturated heterocycles. The lowest BCUT2D eigenvalue weighted by molar-refractivity contribution is 0.00838. The number of aromatic amines is 1. The van der Waals surface area contributed by atoms with Gasteiger partial charge in [-0.1, -0.05) is 0 Å². The Balaban J connectivity index is 1.51. The zero-order valence-electron chi connectivity index (χ0n) is 14.0. The quantitative estimate of drug-likeness (QED) is 0.758. The number of hydrogen-bond acceptors (Lipinski definition) is 5. The molecule has 4 rings (SSSR count). The molecule has 2 aliphatic heterocycles. The Hall–Kier alpha value is -2.12. The molecule has 2 atom stereocenters. The van der Waals surface area contributed by atoms with Crippen LogP contribution >= 0.6 is 0 Å². The molecule has 24 heavy (non-hydrogen) atoms. The van der Waals surface area contributed by atoms with Crippen LogP contribution in [0.15, 0.2) is 18.2 Å². The third-order valence-corrected chi connectivity index (χ3v) is 5.41. The second kappa shape index (κ2) is 5.75. The number of aromatic hydroxyl groups is 1. The largest absolute Gasteiger partial charge is 0.508 e. The van der Waals surface area contributed by atoms with Gasteiger partial charge < -0.3 is 15.3 Å². The Kier molecular flexibility index (Phi) is 3.69. The van der Waals surface area contributed by atoms with Crippen LogP contribution in [0.4, 0.5) is 0 Å². The third kappa shape index (κ3) is 2.63. The van der Waals surface area contributed by atoms with Gasteiger partial charge in [0.05, 0.1) is 5.52 Å². The van der Waals surface area contributed by atoms with Crippen LogP contribution in [-0.2, 0) is 0 Å². The number of H-pyrrole nitrogens is 1. The molecule has 1 amide bonds. The van der Waals surface area contributed by atoms with E-state index in [0.717, 1.165) is 31.4 Å². The minimum absolute atomic E-state index is 0.134. The fourth-order valence-electron chi connectivity index (χ4n) is 4.13. The Morgan fingerprint density at radius 2 is 2.00 bits per heavy atom. The first-order valence-corrected chi connectivity index (χ1v) is 8.39. The van der Waals surface area contributed by atoms with Gasteiger partial charge in [-0.3, -0.25) is 14.8 Å². The number of amides is 1. The lowest BCUT2D eigenvalue weighted by Crippen LogP contribution is -2.63. The summed E-state index contributed by atoms with van der Waals surface area (Å²) in [5.74, 6) is -0.0392. The number of likely N-dealkylation sites (tertiary alicyclic amines) is 1. The van der Waals surface area contributed by atoms with Crippen molar-refractivity contribution in [2.75, 3.05) is 27.2 Å². The maximum Gasteiger partial charge on any atom is 0.272 e. The highest BCUT2D eigenvalue weighted by Gasteiger charge is 2.38. The molecule has 7 nitrogen and oxygen atoms in total. The molecule has 0 saturated carbocycles. The molecule has 3 heterocycles. The fourth-order valence-corrected chi connectivity index (χ4v) is 4.13. The van der Waals surface area contributed by atoms with Crippen molar-refractivity contribution in [3.8, 4) is 5.75 Å². The minimum Gasteiger partial charge on any atom is -0.508 e. The van der Waals surface area contributed by atoms with E-state index >= 15 is 0 Å². The summed E-state index contributed by atoms with van der Waals surface area (Å²) in [5.41, 5.74) is 1.10. The van der Waals surface area contributed by atoms with Crippen molar-refractivity contribution in [1.29, 1.82) is 0 Å². The molecule has 0 aliphatic carbocycles. The van der Waals surface area contributed by atoms with Crippen molar-refractivity contribution in [1.82, 2.24) is 25.3 Å². The summed E-state index contributed by atoms with van der Waals surface area (Å²) >= 11 is 0. The number of rotatable bonds is 2. The van der Waals surface area contributed by atoms with E-state index in [9.17, 15) is 9.90 Å². The molecule has 1 aromatic heterocycles. The monoisotopic (exact) mass is 329 g/mol. The molecule has 128 valence electrons. The number of fused-ring (bicyclic) bond motifs is 3. The number of nitrogens with zero attached hydrogens (tertiary/aromatic N) is 3. The number of piperazine rings is 1. The molecule has 2 bridgehead atoms. The molecule has 2 unspecified atom stereocenters. The molecule has 3 N–H and O–H groups in total. The number of carbonyl (C=O) groups is 1. The number of phenols is 1. The normalized spacial score (nSPS) is 28.2. The van der Waals surface area contributed by atoms with E-state index in [0.29, 0.717) is 23.2 Å². The Morgan fingerprint density at radius 1 is 1.29 bits per heavy atom. The van der Waals surface area contributed by atoms with Crippen molar-refractivity contribution in [2.24, 2.45) is 0 Å². The lowest BCUT2D eigenvalue weighted by Gasteiger charge is -2.50. The van der Waals surface area contributed by atoms with Gasteiger partial charge in [-0.05, 0) is 45.1 Å². The molecule has 2 aliphatic rings. The van der Waals surface area contributed by atoms with Crippen LogP contribution in [0, 0.1) is 0 Å². The predicted molar refractivity (Wildman–Crippen MR) is 91.1 cm³/mol. The van der Waals surface area contributed by atoms with Crippen molar-refractivity contribution in [3.05, 3.63) is 23.9 Å². The number of piperidine rings is 1. The van der Waals surface area contributed by atoms with Crippen molar-refractivity contribution < 1.29 is 9.90 Å². The van der Waals surface area contributed by atoms with Gasteiger partial charge in [0, 0.05) is 36.6 Å². The van der Waals surface area contributed by atoms with Gasteiger partial charge >= 0.3 is 0 Å². The third-order valence-electron chi connectivity index (χ3n) is 5.41. The van der Waals surface area contributed by atoms with E-state index in [1.54, 1.807) is 18.2 Å². The maximum absolute atomic E-state index is 12.7. The number of likely N-dealkylation sites (N-methyl/N-ethyl adjacent to an activating group) is 2. The number of carbonyl (C=O) groups excluding carboxylic acids is 1.